The molecular formula is C24H41ClN2O2. The standard InChI is InChI=1S/C24H41ClN2O2/c1-5-6-7-8-9-10-11-12-17-22(28)19(24(2,3)4)18-23(29)27-26-21-16-14-13-15-20(21)25/h13-16,19,22,26,28H,5-12,17-18H2,1-4H3,(H,27,29). The Morgan fingerprint density at radius 1 is 1.03 bits per heavy atom. The number of hydrazine groups is 1. The second-order valence-electron chi connectivity index (χ2n) is 9.16. The summed E-state index contributed by atoms with van der Waals surface area (Å²) >= 11 is 6.10. The predicted octanol–water partition coefficient (Wildman–Crippen LogP) is 6.73. The highest BCUT2D eigenvalue weighted by atomic mass is 35.5. The lowest BCUT2D eigenvalue weighted by Crippen LogP contribution is -2.39. The Kier molecular flexibility index (Phi) is 12.3. The van der Waals surface area contributed by atoms with Crippen LogP contribution in [0.15, 0.2) is 24.3 Å². The molecule has 0 radical (unpaired) electrons. The first-order valence-corrected chi connectivity index (χ1v) is 11.6. The van der Waals surface area contributed by atoms with Crippen LogP contribution in [0.2, 0.25) is 5.02 Å². The number of halogens is 1. The number of amides is 1. The molecule has 2 unspecified atom stereocenters. The molecule has 0 aliphatic carbocycles. The zero-order valence-corrected chi connectivity index (χ0v) is 19.5. The summed E-state index contributed by atoms with van der Waals surface area (Å²) in [5.74, 6) is -0.236. The van der Waals surface area contributed by atoms with Gasteiger partial charge in [0.25, 0.3) is 0 Å². The Balaban J connectivity index is 2.40. The van der Waals surface area contributed by atoms with Crippen molar-refractivity contribution in [1.82, 2.24) is 5.43 Å². The first-order valence-electron chi connectivity index (χ1n) is 11.2. The van der Waals surface area contributed by atoms with Crippen LogP contribution in [0.3, 0.4) is 0 Å². The van der Waals surface area contributed by atoms with Crippen molar-refractivity contribution in [3.8, 4) is 0 Å². The van der Waals surface area contributed by atoms with Crippen LogP contribution in [-0.2, 0) is 4.79 Å². The molecule has 0 spiro atoms. The number of para-hydroxylation sites is 1. The minimum Gasteiger partial charge on any atom is -0.393 e. The second kappa shape index (κ2) is 13.9. The molecule has 0 heterocycles. The van der Waals surface area contributed by atoms with Gasteiger partial charge < -0.3 is 5.11 Å². The third kappa shape index (κ3) is 10.9. The Morgan fingerprint density at radius 3 is 2.21 bits per heavy atom. The lowest BCUT2D eigenvalue weighted by atomic mass is 9.74. The summed E-state index contributed by atoms with van der Waals surface area (Å²) < 4.78 is 0. The van der Waals surface area contributed by atoms with Crippen LogP contribution in [0.25, 0.3) is 0 Å². The average Bonchev–Trinajstić information content (AvgIpc) is 2.66. The van der Waals surface area contributed by atoms with Crippen molar-refractivity contribution in [2.45, 2.75) is 98.0 Å². The number of unbranched alkanes of at least 4 members (excludes halogenated alkanes) is 7. The summed E-state index contributed by atoms with van der Waals surface area (Å²) in [6.07, 6.45) is 10.5. The summed E-state index contributed by atoms with van der Waals surface area (Å²) in [5.41, 5.74) is 6.10. The first kappa shape index (κ1) is 25.8. The van der Waals surface area contributed by atoms with Gasteiger partial charge in [-0.15, -0.1) is 0 Å². The molecule has 3 N–H and O–H groups in total. The molecule has 29 heavy (non-hydrogen) atoms. The highest BCUT2D eigenvalue weighted by molar-refractivity contribution is 6.33. The molecule has 0 saturated heterocycles. The van der Waals surface area contributed by atoms with Gasteiger partial charge in [0.15, 0.2) is 0 Å². The summed E-state index contributed by atoms with van der Waals surface area (Å²) in [4.78, 5) is 12.5. The zero-order chi connectivity index (χ0) is 21.7. The van der Waals surface area contributed by atoms with Gasteiger partial charge in [0, 0.05) is 6.42 Å². The van der Waals surface area contributed by atoms with E-state index in [0.29, 0.717) is 10.7 Å². The lowest BCUT2D eigenvalue weighted by Gasteiger charge is -2.34. The Bertz CT molecular complexity index is 586. The second-order valence-corrected chi connectivity index (χ2v) is 9.57. The molecule has 0 aliphatic heterocycles. The number of hydrogen-bond acceptors (Lipinski definition) is 3. The van der Waals surface area contributed by atoms with Gasteiger partial charge in [0.2, 0.25) is 5.91 Å². The molecule has 1 amide bonds. The van der Waals surface area contributed by atoms with Crippen LogP contribution < -0.4 is 10.9 Å². The molecule has 0 fully saturated rings. The fraction of sp³-hybridized carbons (Fsp3) is 0.708. The minimum atomic E-state index is -0.471. The van der Waals surface area contributed by atoms with E-state index in [2.05, 4.69) is 38.5 Å². The van der Waals surface area contributed by atoms with Crippen molar-refractivity contribution in [2.24, 2.45) is 11.3 Å². The molecule has 4 nitrogen and oxygen atoms in total. The maximum Gasteiger partial charge on any atom is 0.238 e. The third-order valence-corrected chi connectivity index (χ3v) is 5.88. The molecule has 1 aromatic rings. The molecule has 1 rings (SSSR count). The Morgan fingerprint density at radius 2 is 1.62 bits per heavy atom. The Labute approximate surface area is 182 Å². The number of aliphatic hydroxyl groups excluding tert-OH is 1. The number of carbonyl (C=O) groups excluding carboxylic acids is 1. The predicted molar refractivity (Wildman–Crippen MR) is 124 cm³/mol. The molecule has 5 heteroatoms. The molecule has 2 atom stereocenters. The summed E-state index contributed by atoms with van der Waals surface area (Å²) in [6, 6.07) is 7.26. The SMILES string of the molecule is CCCCCCCCCCC(O)C(CC(=O)NNc1ccccc1Cl)C(C)(C)C. The molecule has 0 aromatic heterocycles. The quantitative estimate of drug-likeness (QED) is 0.229. The molecular weight excluding hydrogens is 384 g/mol. The van der Waals surface area contributed by atoms with E-state index in [9.17, 15) is 9.90 Å². The highest BCUT2D eigenvalue weighted by Crippen LogP contribution is 2.33. The molecule has 0 saturated carbocycles. The number of benzene rings is 1. The number of rotatable bonds is 14. The van der Waals surface area contributed by atoms with Crippen LogP contribution >= 0.6 is 11.6 Å². The van der Waals surface area contributed by atoms with E-state index in [0.717, 1.165) is 19.3 Å². The van der Waals surface area contributed by atoms with Crippen molar-refractivity contribution in [3.63, 3.8) is 0 Å². The van der Waals surface area contributed by atoms with Crippen molar-refractivity contribution >= 4 is 23.2 Å². The van der Waals surface area contributed by atoms with Crippen molar-refractivity contribution in [1.29, 1.82) is 0 Å². The Hall–Kier alpha value is -1.26. The van der Waals surface area contributed by atoms with Gasteiger partial charge >= 0.3 is 0 Å². The highest BCUT2D eigenvalue weighted by Gasteiger charge is 2.32. The van der Waals surface area contributed by atoms with E-state index < -0.39 is 6.10 Å². The van der Waals surface area contributed by atoms with Crippen molar-refractivity contribution in [2.75, 3.05) is 5.43 Å². The number of hydrogen-bond donors (Lipinski definition) is 3. The van der Waals surface area contributed by atoms with Crippen LogP contribution in [0.5, 0.6) is 0 Å². The van der Waals surface area contributed by atoms with E-state index in [1.54, 1.807) is 12.1 Å². The van der Waals surface area contributed by atoms with Gasteiger partial charge in [-0.2, -0.15) is 0 Å². The molecule has 1 aromatic carbocycles. The number of carbonyl (C=O) groups is 1. The first-order chi connectivity index (χ1) is 13.8. The largest absolute Gasteiger partial charge is 0.393 e. The number of anilines is 1. The fourth-order valence-corrected chi connectivity index (χ4v) is 3.84. The summed E-state index contributed by atoms with van der Waals surface area (Å²) in [7, 11) is 0. The van der Waals surface area contributed by atoms with E-state index in [4.69, 9.17) is 11.6 Å². The smallest absolute Gasteiger partial charge is 0.238 e. The molecule has 0 bridgehead atoms. The zero-order valence-electron chi connectivity index (χ0n) is 18.8. The maximum atomic E-state index is 12.5. The van der Waals surface area contributed by atoms with Gasteiger partial charge in [0.05, 0.1) is 16.8 Å². The maximum absolute atomic E-state index is 12.5. The van der Waals surface area contributed by atoms with Crippen LogP contribution in [0.1, 0.15) is 91.9 Å². The number of nitrogens with one attached hydrogen (secondary N) is 2. The van der Waals surface area contributed by atoms with Gasteiger partial charge in [-0.1, -0.05) is 103 Å². The average molecular weight is 425 g/mol. The van der Waals surface area contributed by atoms with Crippen molar-refractivity contribution in [3.05, 3.63) is 29.3 Å². The van der Waals surface area contributed by atoms with E-state index in [1.165, 1.54) is 38.5 Å². The lowest BCUT2D eigenvalue weighted by molar-refractivity contribution is -0.124. The van der Waals surface area contributed by atoms with E-state index in [1.807, 2.05) is 12.1 Å². The number of aliphatic hydroxyl groups is 1. The van der Waals surface area contributed by atoms with Gasteiger partial charge in [-0.25, -0.2) is 0 Å². The summed E-state index contributed by atoms with van der Waals surface area (Å²) in [5, 5.41) is 11.3. The monoisotopic (exact) mass is 424 g/mol. The van der Waals surface area contributed by atoms with E-state index >= 15 is 0 Å². The van der Waals surface area contributed by atoms with Crippen LogP contribution in [0, 0.1) is 11.3 Å². The van der Waals surface area contributed by atoms with E-state index in [-0.39, 0.29) is 23.7 Å². The fourth-order valence-electron chi connectivity index (χ4n) is 3.66. The van der Waals surface area contributed by atoms with Crippen LogP contribution in [0.4, 0.5) is 5.69 Å². The van der Waals surface area contributed by atoms with Crippen LogP contribution in [-0.4, -0.2) is 17.1 Å². The van der Waals surface area contributed by atoms with Gasteiger partial charge in [-0.3, -0.25) is 15.6 Å². The molecule has 166 valence electrons. The van der Waals surface area contributed by atoms with Gasteiger partial charge in [0.1, 0.15) is 0 Å². The van der Waals surface area contributed by atoms with Crippen molar-refractivity contribution < 1.29 is 9.90 Å². The molecule has 0 aliphatic rings. The van der Waals surface area contributed by atoms with Gasteiger partial charge in [-0.05, 0) is 29.9 Å². The third-order valence-electron chi connectivity index (χ3n) is 5.55. The topological polar surface area (TPSA) is 61.4 Å². The summed E-state index contributed by atoms with van der Waals surface area (Å²) in [6.45, 7) is 8.50. The minimum absolute atomic E-state index is 0.0971. The normalized spacial score (nSPS) is 13.7.